The molecule has 0 radical (unpaired) electrons. The molecular formula is C49H56F4N8O8S2. The number of ether oxygens (including phenoxy) is 3. The van der Waals surface area contributed by atoms with Gasteiger partial charge in [-0.15, -0.1) is 11.3 Å². The molecule has 1 unspecified atom stereocenters. The zero-order valence-corrected chi connectivity index (χ0v) is 41.7. The van der Waals surface area contributed by atoms with Crippen LogP contribution in [0.15, 0.2) is 60.2 Å². The topological polar surface area (TPSA) is 200 Å². The predicted molar refractivity (Wildman–Crippen MR) is 260 cm³/mol. The van der Waals surface area contributed by atoms with Crippen molar-refractivity contribution in [2.24, 2.45) is 5.41 Å². The van der Waals surface area contributed by atoms with E-state index in [1.165, 1.54) is 41.8 Å². The first-order valence-electron chi connectivity index (χ1n) is 22.8. The standard InChI is InChI=1S/C49H56F4N8O8S2/c1-29-41(71-28-57-29)31-12-10-30(11-13-31)24-56-43(64)38-22-34(62)26-59(38)44(65)42(47(2,3)4)58-40(63)27-68-18-9-17-67-16-7-8-19-69-39-15-14-32(21-36(39)50)61-46(70)60(45(66)48(61,5)6)33-20-35(49(51,52)53)37(23-54)55-25-33/h10-15,20-21,25,28,34,38,42,62H,7-9,16-19,22,24,26-27H2,1-6H3,(H,56,64)(H,58,63)/t34-,38+,42?/m1/s1. The van der Waals surface area contributed by atoms with Gasteiger partial charge in [-0.25, -0.2) is 14.4 Å². The number of aryl methyl sites for hydroxylation is 1. The fourth-order valence-electron chi connectivity index (χ4n) is 8.08. The summed E-state index contributed by atoms with van der Waals surface area (Å²) in [5.41, 5.74) is 0.145. The minimum absolute atomic E-state index is 0.0515. The molecule has 16 nitrogen and oxygen atoms in total. The first-order chi connectivity index (χ1) is 33.5. The lowest BCUT2D eigenvalue weighted by molar-refractivity contribution is -0.144. The third kappa shape index (κ3) is 13.1. The maximum Gasteiger partial charge on any atom is 0.419 e. The van der Waals surface area contributed by atoms with Crippen LogP contribution in [-0.2, 0) is 41.4 Å². The van der Waals surface area contributed by atoms with E-state index in [9.17, 15) is 37.5 Å². The monoisotopic (exact) mass is 1020 g/mol. The average molecular weight is 1030 g/mol. The Morgan fingerprint density at radius 2 is 1.69 bits per heavy atom. The van der Waals surface area contributed by atoms with E-state index in [4.69, 9.17) is 31.7 Å². The number of halogens is 4. The van der Waals surface area contributed by atoms with Crippen LogP contribution in [0.1, 0.15) is 82.8 Å². The fraction of sp³-hybridized carbons (Fsp3) is 0.469. The molecule has 2 aromatic carbocycles. The van der Waals surface area contributed by atoms with Gasteiger partial charge in [0.05, 0.1) is 46.2 Å². The zero-order chi connectivity index (χ0) is 51.8. The maximum absolute atomic E-state index is 15.3. The summed E-state index contributed by atoms with van der Waals surface area (Å²) < 4.78 is 73.2. The molecule has 4 aromatic rings. The molecule has 380 valence electrons. The molecule has 0 saturated carbocycles. The Labute approximate surface area is 418 Å². The van der Waals surface area contributed by atoms with Gasteiger partial charge in [0.15, 0.2) is 22.4 Å². The first-order valence-corrected chi connectivity index (χ1v) is 24.1. The van der Waals surface area contributed by atoms with Crippen LogP contribution >= 0.6 is 23.6 Å². The van der Waals surface area contributed by atoms with Crippen LogP contribution in [-0.4, -0.2) is 112 Å². The number of likely N-dealkylation sites (tertiary alicyclic amines) is 1. The van der Waals surface area contributed by atoms with Crippen molar-refractivity contribution in [1.82, 2.24) is 25.5 Å². The van der Waals surface area contributed by atoms with E-state index in [0.717, 1.165) is 38.9 Å². The van der Waals surface area contributed by atoms with Gasteiger partial charge in [0, 0.05) is 51.1 Å². The number of aromatic nitrogens is 2. The van der Waals surface area contributed by atoms with Crippen molar-refractivity contribution in [3.8, 4) is 22.3 Å². The number of rotatable bonds is 20. The van der Waals surface area contributed by atoms with E-state index < -0.39 is 76.0 Å². The molecule has 0 bridgehead atoms. The van der Waals surface area contributed by atoms with Gasteiger partial charge in [-0.3, -0.25) is 24.1 Å². The SMILES string of the molecule is Cc1ncsc1-c1ccc(CNC(=O)[C@@H]2C[C@@H](O)CN2C(=O)C(NC(=O)COCCCOCCCCOc2ccc(N3C(=S)N(c4cnc(C#N)c(C(F)(F)F)c4)C(=O)C3(C)C)cc2F)C(C)(C)C)cc1. The van der Waals surface area contributed by atoms with Crippen LogP contribution in [0, 0.1) is 29.5 Å². The summed E-state index contributed by atoms with van der Waals surface area (Å²) in [6.45, 7) is 11.2. The Hall–Kier alpha value is -6.12. The number of aliphatic hydroxyl groups excluding tert-OH is 1. The number of aliphatic hydroxyl groups is 1. The highest BCUT2D eigenvalue weighted by Crippen LogP contribution is 2.40. The smallest absolute Gasteiger partial charge is 0.419 e. The number of nitriles is 1. The summed E-state index contributed by atoms with van der Waals surface area (Å²) in [5.74, 6) is -2.91. The van der Waals surface area contributed by atoms with E-state index in [2.05, 4.69) is 20.6 Å². The summed E-state index contributed by atoms with van der Waals surface area (Å²) in [5, 5.41) is 25.1. The van der Waals surface area contributed by atoms with Crippen LogP contribution < -0.4 is 25.2 Å². The second-order valence-electron chi connectivity index (χ2n) is 18.6. The number of amides is 4. The molecule has 2 aromatic heterocycles. The second kappa shape index (κ2) is 23.0. The van der Waals surface area contributed by atoms with Gasteiger partial charge in [0.2, 0.25) is 17.7 Å². The fourth-order valence-corrected chi connectivity index (χ4v) is 9.42. The number of carbonyl (C=O) groups is 4. The maximum atomic E-state index is 15.3. The number of alkyl halides is 3. The molecule has 22 heteroatoms. The number of nitrogens with zero attached hydrogens (tertiary/aromatic N) is 6. The molecule has 2 saturated heterocycles. The van der Waals surface area contributed by atoms with Crippen molar-refractivity contribution in [3.63, 3.8) is 0 Å². The number of thiocarbonyl (C=S) groups is 1. The third-order valence-corrected chi connectivity index (χ3v) is 13.2. The summed E-state index contributed by atoms with van der Waals surface area (Å²) >= 11 is 7.06. The van der Waals surface area contributed by atoms with Crippen LogP contribution in [0.5, 0.6) is 5.75 Å². The lowest BCUT2D eigenvalue weighted by atomic mass is 9.85. The van der Waals surface area contributed by atoms with Gasteiger partial charge in [-0.2, -0.15) is 18.4 Å². The Morgan fingerprint density at radius 3 is 2.34 bits per heavy atom. The summed E-state index contributed by atoms with van der Waals surface area (Å²) in [6, 6.07) is 11.8. The van der Waals surface area contributed by atoms with Crippen LogP contribution in [0.2, 0.25) is 0 Å². The summed E-state index contributed by atoms with van der Waals surface area (Å²) in [6.07, 6.45) is -3.24. The van der Waals surface area contributed by atoms with Crippen molar-refractivity contribution < 1.29 is 56.1 Å². The van der Waals surface area contributed by atoms with E-state index in [-0.39, 0.29) is 61.6 Å². The molecule has 6 rings (SSSR count). The number of unbranched alkanes of at least 4 members (excludes halogenated alkanes) is 1. The van der Waals surface area contributed by atoms with Crippen LogP contribution in [0.3, 0.4) is 0 Å². The molecule has 0 spiro atoms. The third-order valence-electron chi connectivity index (χ3n) is 11.8. The highest BCUT2D eigenvalue weighted by Gasteiger charge is 2.51. The van der Waals surface area contributed by atoms with Crippen molar-refractivity contribution >= 4 is 63.7 Å². The minimum atomic E-state index is -4.92. The molecule has 2 fully saturated rings. The number of benzene rings is 2. The Kier molecular flexibility index (Phi) is 17.5. The second-order valence-corrected chi connectivity index (χ2v) is 19.9. The molecule has 3 atom stereocenters. The largest absolute Gasteiger partial charge is 0.491 e. The number of hydrogen-bond donors (Lipinski definition) is 3. The highest BCUT2D eigenvalue weighted by molar-refractivity contribution is 7.81. The number of anilines is 2. The van der Waals surface area contributed by atoms with Crippen molar-refractivity contribution in [3.05, 3.63) is 88.6 Å². The number of thiazole rings is 1. The quantitative estimate of drug-likeness (QED) is 0.0472. The van der Waals surface area contributed by atoms with Crippen molar-refractivity contribution in [2.45, 2.75) is 104 Å². The van der Waals surface area contributed by atoms with Gasteiger partial charge in [-0.05, 0) is 87.0 Å². The molecular weight excluding hydrogens is 969 g/mol. The predicted octanol–water partition coefficient (Wildman–Crippen LogP) is 6.85. The lowest BCUT2D eigenvalue weighted by Crippen LogP contribution is -2.58. The van der Waals surface area contributed by atoms with Crippen molar-refractivity contribution in [2.75, 3.05) is 49.4 Å². The van der Waals surface area contributed by atoms with Gasteiger partial charge in [0.1, 0.15) is 30.3 Å². The Morgan fingerprint density at radius 1 is 1.00 bits per heavy atom. The minimum Gasteiger partial charge on any atom is -0.491 e. The Balaban J connectivity index is 0.879. The zero-order valence-electron chi connectivity index (χ0n) is 40.1. The van der Waals surface area contributed by atoms with E-state index in [1.54, 1.807) is 37.6 Å². The average Bonchev–Trinajstić information content (AvgIpc) is 3.98. The molecule has 4 heterocycles. The van der Waals surface area contributed by atoms with E-state index in [1.807, 2.05) is 31.2 Å². The van der Waals surface area contributed by atoms with E-state index >= 15 is 4.39 Å². The van der Waals surface area contributed by atoms with Gasteiger partial charge < -0.3 is 39.8 Å². The van der Waals surface area contributed by atoms with E-state index in [0.29, 0.717) is 38.5 Å². The molecule has 71 heavy (non-hydrogen) atoms. The normalized spacial score (nSPS) is 17.4. The van der Waals surface area contributed by atoms with Crippen molar-refractivity contribution in [1.29, 1.82) is 5.26 Å². The van der Waals surface area contributed by atoms with Gasteiger partial charge >= 0.3 is 6.18 Å². The summed E-state index contributed by atoms with van der Waals surface area (Å²) in [4.78, 5) is 66.3. The molecule has 2 aliphatic heterocycles. The number of hydrogen-bond acceptors (Lipinski definition) is 13. The lowest BCUT2D eigenvalue weighted by Gasteiger charge is -2.35. The van der Waals surface area contributed by atoms with Crippen LogP contribution in [0.4, 0.5) is 28.9 Å². The first kappa shape index (κ1) is 54.2. The number of β-amino-alcohol motifs (C(OH)–C–C–N with tert-alkyl or cyclic N) is 1. The molecule has 2 aliphatic rings. The Bertz CT molecular complexity index is 2640. The molecule has 4 amide bonds. The van der Waals surface area contributed by atoms with Gasteiger partial charge in [0.25, 0.3) is 5.91 Å². The summed E-state index contributed by atoms with van der Waals surface area (Å²) in [7, 11) is 0. The van der Waals surface area contributed by atoms with Crippen LogP contribution in [0.25, 0.3) is 10.4 Å². The molecule has 0 aliphatic carbocycles. The molecule has 3 N–H and O–H groups in total. The highest BCUT2D eigenvalue weighted by atomic mass is 32.1. The number of pyridine rings is 1. The van der Waals surface area contributed by atoms with Gasteiger partial charge in [-0.1, -0.05) is 45.0 Å². The number of nitrogens with one attached hydrogen (secondary N) is 2. The number of carbonyl (C=O) groups excluding carboxylic acids is 4.